The van der Waals surface area contributed by atoms with Crippen molar-refractivity contribution in [3.8, 4) is 23.1 Å². The third-order valence-electron chi connectivity index (χ3n) is 3.64. The molecule has 0 aliphatic carbocycles. The van der Waals surface area contributed by atoms with E-state index in [0.717, 1.165) is 22.6 Å². The Hall–Kier alpha value is -2.96. The Bertz CT molecular complexity index is 916. The largest absolute Gasteiger partial charge is 0.494 e. The predicted molar refractivity (Wildman–Crippen MR) is 100 cm³/mol. The number of allylic oxidation sites excluding steroid dienone is 1. The van der Waals surface area contributed by atoms with Crippen LogP contribution in [0.1, 0.15) is 18.2 Å². The lowest BCUT2D eigenvalue weighted by atomic mass is 10.1. The van der Waals surface area contributed by atoms with Crippen molar-refractivity contribution in [1.82, 2.24) is 0 Å². The molecule has 25 heavy (non-hydrogen) atoms. The van der Waals surface area contributed by atoms with Crippen molar-refractivity contribution in [3.63, 3.8) is 0 Å². The summed E-state index contributed by atoms with van der Waals surface area (Å²) in [5, 5.41) is 10.0. The number of hydrogen-bond acceptors (Lipinski definition) is 3. The van der Waals surface area contributed by atoms with Gasteiger partial charge in [-0.25, -0.2) is 0 Å². The third-order valence-corrected chi connectivity index (χ3v) is 3.89. The molecule has 0 N–H and O–H groups in total. The van der Waals surface area contributed by atoms with Crippen molar-refractivity contribution in [2.24, 2.45) is 0 Å². The minimum Gasteiger partial charge on any atom is -0.494 e. The van der Waals surface area contributed by atoms with Gasteiger partial charge < -0.3 is 9.15 Å². The molecule has 3 aromatic rings. The molecule has 0 amide bonds. The minimum atomic E-state index is 0.518. The van der Waals surface area contributed by atoms with Gasteiger partial charge in [-0.3, -0.25) is 0 Å². The monoisotopic (exact) mass is 349 g/mol. The van der Waals surface area contributed by atoms with E-state index in [1.165, 1.54) is 0 Å². The molecule has 0 saturated carbocycles. The van der Waals surface area contributed by atoms with Crippen LogP contribution in [0.15, 0.2) is 65.1 Å². The summed E-state index contributed by atoms with van der Waals surface area (Å²) in [5.41, 5.74) is 2.27. The van der Waals surface area contributed by atoms with E-state index in [4.69, 9.17) is 20.8 Å². The Balaban J connectivity index is 1.85. The second-order valence-electron chi connectivity index (χ2n) is 5.34. The summed E-state index contributed by atoms with van der Waals surface area (Å²) in [7, 11) is 0. The Morgan fingerprint density at radius 1 is 1.08 bits per heavy atom. The maximum Gasteiger partial charge on any atom is 0.134 e. The molecule has 4 heteroatoms. The Labute approximate surface area is 151 Å². The van der Waals surface area contributed by atoms with Gasteiger partial charge in [-0.15, -0.1) is 0 Å². The van der Waals surface area contributed by atoms with Crippen LogP contribution in [-0.2, 0) is 0 Å². The summed E-state index contributed by atoms with van der Waals surface area (Å²) in [6.45, 7) is 2.59. The van der Waals surface area contributed by atoms with Gasteiger partial charge in [-0.05, 0) is 67.1 Å². The lowest BCUT2D eigenvalue weighted by Gasteiger charge is -2.03. The lowest BCUT2D eigenvalue weighted by molar-refractivity contribution is 0.340. The zero-order valence-electron chi connectivity index (χ0n) is 13.7. The summed E-state index contributed by atoms with van der Waals surface area (Å²) in [6, 6.07) is 20.8. The Morgan fingerprint density at radius 2 is 1.80 bits per heavy atom. The number of rotatable bonds is 5. The number of benzene rings is 2. The van der Waals surface area contributed by atoms with Crippen LogP contribution in [0.3, 0.4) is 0 Å². The molecular weight excluding hydrogens is 334 g/mol. The highest BCUT2D eigenvalue weighted by atomic mass is 35.5. The van der Waals surface area contributed by atoms with Crippen molar-refractivity contribution in [2.75, 3.05) is 6.61 Å². The molecule has 3 nitrogen and oxygen atoms in total. The van der Waals surface area contributed by atoms with Gasteiger partial charge in [-0.1, -0.05) is 23.7 Å². The van der Waals surface area contributed by atoms with Gasteiger partial charge in [-0.2, -0.15) is 5.26 Å². The number of furan rings is 1. The van der Waals surface area contributed by atoms with Crippen LogP contribution in [0.4, 0.5) is 0 Å². The van der Waals surface area contributed by atoms with E-state index in [0.29, 0.717) is 23.0 Å². The molecule has 0 aliphatic heterocycles. The smallest absolute Gasteiger partial charge is 0.134 e. The van der Waals surface area contributed by atoms with Crippen molar-refractivity contribution < 1.29 is 9.15 Å². The van der Waals surface area contributed by atoms with Gasteiger partial charge in [0.15, 0.2) is 0 Å². The molecule has 0 unspecified atom stereocenters. The van der Waals surface area contributed by atoms with E-state index in [9.17, 15) is 5.26 Å². The van der Waals surface area contributed by atoms with Crippen LogP contribution in [0.25, 0.3) is 23.0 Å². The van der Waals surface area contributed by atoms with Gasteiger partial charge in [0, 0.05) is 10.6 Å². The topological polar surface area (TPSA) is 46.2 Å². The van der Waals surface area contributed by atoms with Crippen LogP contribution >= 0.6 is 11.6 Å². The highest BCUT2D eigenvalue weighted by Gasteiger charge is 2.06. The molecule has 0 bridgehead atoms. The van der Waals surface area contributed by atoms with E-state index < -0.39 is 0 Å². The molecule has 1 aromatic heterocycles. The second kappa shape index (κ2) is 7.74. The molecule has 3 rings (SSSR count). The molecule has 0 aliphatic rings. The fraction of sp³-hybridized carbons (Fsp3) is 0.0952. The Morgan fingerprint density at radius 3 is 2.44 bits per heavy atom. The van der Waals surface area contributed by atoms with Crippen molar-refractivity contribution in [3.05, 3.63) is 77.0 Å². The number of nitriles is 1. The highest BCUT2D eigenvalue weighted by molar-refractivity contribution is 6.30. The molecule has 0 atom stereocenters. The fourth-order valence-corrected chi connectivity index (χ4v) is 2.55. The summed E-state index contributed by atoms with van der Waals surface area (Å²) >= 11 is 5.89. The first kappa shape index (κ1) is 16.9. The number of halogens is 1. The molecule has 0 spiro atoms. The van der Waals surface area contributed by atoms with Crippen molar-refractivity contribution in [1.29, 1.82) is 5.26 Å². The molecule has 2 aromatic carbocycles. The minimum absolute atomic E-state index is 0.518. The first-order valence-corrected chi connectivity index (χ1v) is 8.28. The van der Waals surface area contributed by atoms with Gasteiger partial charge in [0.1, 0.15) is 17.3 Å². The van der Waals surface area contributed by atoms with Crippen molar-refractivity contribution >= 4 is 23.3 Å². The van der Waals surface area contributed by atoms with Crippen LogP contribution < -0.4 is 4.74 Å². The maximum absolute atomic E-state index is 9.41. The second-order valence-corrected chi connectivity index (χ2v) is 5.77. The quantitative estimate of drug-likeness (QED) is 0.526. The van der Waals surface area contributed by atoms with E-state index in [1.54, 1.807) is 18.2 Å². The first-order chi connectivity index (χ1) is 12.2. The van der Waals surface area contributed by atoms with Crippen LogP contribution in [0.2, 0.25) is 5.02 Å². The van der Waals surface area contributed by atoms with E-state index >= 15 is 0 Å². The third kappa shape index (κ3) is 4.12. The SMILES string of the molecule is CCOc1ccc(-c2ccc(C=C(C#N)c3ccc(Cl)cc3)o2)cc1. The molecule has 124 valence electrons. The normalized spacial score (nSPS) is 11.2. The van der Waals surface area contributed by atoms with E-state index in [1.807, 2.05) is 55.5 Å². The van der Waals surface area contributed by atoms with Crippen molar-refractivity contribution in [2.45, 2.75) is 6.92 Å². The molecule has 1 heterocycles. The Kier molecular flexibility index (Phi) is 5.23. The number of ether oxygens (including phenoxy) is 1. The average Bonchev–Trinajstić information content (AvgIpc) is 3.10. The summed E-state index contributed by atoms with van der Waals surface area (Å²) in [6.07, 6.45) is 1.72. The molecule has 0 radical (unpaired) electrons. The van der Waals surface area contributed by atoms with Gasteiger partial charge >= 0.3 is 0 Å². The summed E-state index contributed by atoms with van der Waals surface area (Å²) in [5.74, 6) is 2.19. The van der Waals surface area contributed by atoms with Gasteiger partial charge in [0.05, 0.1) is 18.2 Å². The zero-order chi connectivity index (χ0) is 17.6. The molecule has 0 fully saturated rings. The fourth-order valence-electron chi connectivity index (χ4n) is 2.42. The van der Waals surface area contributed by atoms with Crippen LogP contribution in [0, 0.1) is 11.3 Å². The van der Waals surface area contributed by atoms with E-state index in [-0.39, 0.29) is 0 Å². The number of nitrogens with zero attached hydrogens (tertiary/aromatic N) is 1. The highest BCUT2D eigenvalue weighted by Crippen LogP contribution is 2.27. The lowest BCUT2D eigenvalue weighted by Crippen LogP contribution is -1.90. The van der Waals surface area contributed by atoms with Gasteiger partial charge in [0.2, 0.25) is 0 Å². The van der Waals surface area contributed by atoms with E-state index in [2.05, 4.69) is 6.07 Å². The molecular formula is C21H16ClNO2. The standard InChI is InChI=1S/C21H16ClNO2/c1-2-24-19-9-5-16(6-10-19)21-12-11-20(25-21)13-17(14-23)15-3-7-18(22)8-4-15/h3-13H,2H2,1H3. The maximum atomic E-state index is 9.41. The number of hydrogen-bond donors (Lipinski definition) is 0. The molecule has 0 saturated heterocycles. The zero-order valence-corrected chi connectivity index (χ0v) is 14.5. The predicted octanol–water partition coefficient (Wildman–Crippen LogP) is 6.06. The van der Waals surface area contributed by atoms with Crippen LogP contribution in [0.5, 0.6) is 5.75 Å². The average molecular weight is 350 g/mol. The first-order valence-electron chi connectivity index (χ1n) is 7.90. The summed E-state index contributed by atoms with van der Waals surface area (Å²) < 4.78 is 11.3. The van der Waals surface area contributed by atoms with Crippen LogP contribution in [-0.4, -0.2) is 6.61 Å². The van der Waals surface area contributed by atoms with Gasteiger partial charge in [0.25, 0.3) is 0 Å². The summed E-state index contributed by atoms with van der Waals surface area (Å²) in [4.78, 5) is 0.